The van der Waals surface area contributed by atoms with Crippen LogP contribution in [-0.4, -0.2) is 35.3 Å². The van der Waals surface area contributed by atoms with Crippen LogP contribution in [0.4, 0.5) is 5.69 Å². The molecule has 1 unspecified atom stereocenters. The highest BCUT2D eigenvalue weighted by Gasteiger charge is 2.13. The van der Waals surface area contributed by atoms with Gasteiger partial charge in [0.25, 0.3) is 0 Å². The Morgan fingerprint density at radius 3 is 2.36 bits per heavy atom. The molecule has 4 heteroatoms. The van der Waals surface area contributed by atoms with Crippen molar-refractivity contribution in [1.29, 1.82) is 0 Å². The lowest BCUT2D eigenvalue weighted by molar-refractivity contribution is 0.319. The summed E-state index contributed by atoms with van der Waals surface area (Å²) < 4.78 is 2.00. The molecule has 1 aromatic rings. The smallest absolute Gasteiger partial charge is 0.0826 e. The Labute approximate surface area is 85.7 Å². The largest absolute Gasteiger partial charge is 0.396 e. The molecule has 0 bridgehead atoms. The number of rotatable bonds is 3. The van der Waals surface area contributed by atoms with Gasteiger partial charge in [-0.2, -0.15) is 5.10 Å². The normalized spacial score (nSPS) is 13.6. The molecule has 0 saturated heterocycles. The number of nitrogens with two attached hydrogens (primary N) is 1. The second-order valence-electron chi connectivity index (χ2n) is 4.14. The van der Waals surface area contributed by atoms with Crippen LogP contribution in [0.3, 0.4) is 0 Å². The fourth-order valence-electron chi connectivity index (χ4n) is 1.71. The Hall–Kier alpha value is -1.03. The van der Waals surface area contributed by atoms with E-state index >= 15 is 0 Å². The molecule has 14 heavy (non-hydrogen) atoms. The standard InChI is InChI=1S/C10H20N4/c1-7(6-13(4)5)14-9(3)10(11)8(2)12-14/h7H,6,11H2,1-5H3. The third kappa shape index (κ3) is 2.07. The highest BCUT2D eigenvalue weighted by molar-refractivity contribution is 5.46. The van der Waals surface area contributed by atoms with E-state index < -0.39 is 0 Å². The number of aryl methyl sites for hydroxylation is 1. The van der Waals surface area contributed by atoms with Crippen LogP contribution < -0.4 is 5.73 Å². The van der Waals surface area contributed by atoms with Gasteiger partial charge in [0.2, 0.25) is 0 Å². The van der Waals surface area contributed by atoms with E-state index in [9.17, 15) is 0 Å². The number of hydrogen-bond acceptors (Lipinski definition) is 3. The van der Waals surface area contributed by atoms with Gasteiger partial charge in [-0.25, -0.2) is 0 Å². The second kappa shape index (κ2) is 4.00. The topological polar surface area (TPSA) is 47.1 Å². The lowest BCUT2D eigenvalue weighted by atomic mass is 10.3. The number of nitrogen functional groups attached to an aromatic ring is 1. The molecule has 2 N–H and O–H groups in total. The highest BCUT2D eigenvalue weighted by atomic mass is 15.3. The molecule has 0 spiro atoms. The van der Waals surface area contributed by atoms with Crippen LogP contribution in [0.15, 0.2) is 0 Å². The maximum atomic E-state index is 5.87. The summed E-state index contributed by atoms with van der Waals surface area (Å²) in [6.45, 7) is 7.09. The minimum Gasteiger partial charge on any atom is -0.396 e. The maximum Gasteiger partial charge on any atom is 0.0826 e. The zero-order valence-corrected chi connectivity index (χ0v) is 9.70. The van der Waals surface area contributed by atoms with Gasteiger partial charge in [0.15, 0.2) is 0 Å². The monoisotopic (exact) mass is 196 g/mol. The first-order chi connectivity index (χ1) is 6.43. The summed E-state index contributed by atoms with van der Waals surface area (Å²) >= 11 is 0. The van der Waals surface area contributed by atoms with Crippen molar-refractivity contribution < 1.29 is 0 Å². The van der Waals surface area contributed by atoms with Crippen molar-refractivity contribution in [3.63, 3.8) is 0 Å². The van der Waals surface area contributed by atoms with Crippen LogP contribution in [0.2, 0.25) is 0 Å². The van der Waals surface area contributed by atoms with Gasteiger partial charge in [-0.05, 0) is 34.9 Å². The molecule has 0 saturated carbocycles. The van der Waals surface area contributed by atoms with Crippen LogP contribution >= 0.6 is 0 Å². The Bertz CT molecular complexity index is 314. The van der Waals surface area contributed by atoms with Crippen LogP contribution in [0.1, 0.15) is 24.4 Å². The molecule has 0 amide bonds. The molecule has 1 aromatic heterocycles. The van der Waals surface area contributed by atoms with E-state index in [1.807, 2.05) is 18.5 Å². The molecule has 80 valence electrons. The first-order valence-corrected chi connectivity index (χ1v) is 4.89. The van der Waals surface area contributed by atoms with Gasteiger partial charge in [0.05, 0.1) is 23.1 Å². The van der Waals surface area contributed by atoms with Crippen LogP contribution in [0.25, 0.3) is 0 Å². The second-order valence-corrected chi connectivity index (χ2v) is 4.14. The molecule has 0 aliphatic rings. The van der Waals surface area contributed by atoms with Crippen LogP contribution in [-0.2, 0) is 0 Å². The Morgan fingerprint density at radius 2 is 2.00 bits per heavy atom. The lowest BCUT2D eigenvalue weighted by Crippen LogP contribution is -2.23. The van der Waals surface area contributed by atoms with Crippen LogP contribution in [0.5, 0.6) is 0 Å². The number of nitrogens with zero attached hydrogens (tertiary/aromatic N) is 3. The zero-order valence-electron chi connectivity index (χ0n) is 9.70. The highest BCUT2D eigenvalue weighted by Crippen LogP contribution is 2.19. The van der Waals surface area contributed by atoms with Crippen molar-refractivity contribution >= 4 is 5.69 Å². The molecule has 1 atom stereocenters. The van der Waals surface area contributed by atoms with Gasteiger partial charge in [-0.3, -0.25) is 4.68 Å². The minimum absolute atomic E-state index is 0.362. The number of aromatic nitrogens is 2. The molecular formula is C10H20N4. The molecule has 4 nitrogen and oxygen atoms in total. The summed E-state index contributed by atoms with van der Waals surface area (Å²) in [6, 6.07) is 0.362. The predicted molar refractivity (Wildman–Crippen MR) is 59.4 cm³/mol. The van der Waals surface area contributed by atoms with Crippen LogP contribution in [0, 0.1) is 13.8 Å². The molecule has 0 aliphatic heterocycles. The van der Waals surface area contributed by atoms with Crippen molar-refractivity contribution in [2.45, 2.75) is 26.8 Å². The van der Waals surface area contributed by atoms with Crippen molar-refractivity contribution in [2.24, 2.45) is 0 Å². The van der Waals surface area contributed by atoms with Crippen molar-refractivity contribution in [3.05, 3.63) is 11.4 Å². The van der Waals surface area contributed by atoms with E-state index in [1.54, 1.807) is 0 Å². The number of anilines is 1. The average Bonchev–Trinajstić information content (AvgIpc) is 2.32. The molecule has 0 aliphatic carbocycles. The summed E-state index contributed by atoms with van der Waals surface area (Å²) in [7, 11) is 4.12. The summed E-state index contributed by atoms with van der Waals surface area (Å²) in [4.78, 5) is 2.15. The van der Waals surface area contributed by atoms with Gasteiger partial charge < -0.3 is 10.6 Å². The Kier molecular flexibility index (Phi) is 3.16. The molecule has 1 rings (SSSR count). The molecule has 0 radical (unpaired) electrons. The van der Waals surface area contributed by atoms with E-state index in [0.717, 1.165) is 23.6 Å². The molecular weight excluding hydrogens is 176 g/mol. The van der Waals surface area contributed by atoms with E-state index in [-0.39, 0.29) is 0 Å². The van der Waals surface area contributed by atoms with Gasteiger partial charge in [0, 0.05) is 6.54 Å². The molecule has 0 fully saturated rings. The van der Waals surface area contributed by atoms with Gasteiger partial charge >= 0.3 is 0 Å². The summed E-state index contributed by atoms with van der Waals surface area (Å²) in [5.74, 6) is 0. The molecule has 0 aromatic carbocycles. The molecule has 1 heterocycles. The average molecular weight is 196 g/mol. The van der Waals surface area contributed by atoms with E-state index in [1.165, 1.54) is 0 Å². The van der Waals surface area contributed by atoms with Crippen molar-refractivity contribution in [2.75, 3.05) is 26.4 Å². The fourth-order valence-corrected chi connectivity index (χ4v) is 1.71. The predicted octanol–water partition coefficient (Wildman–Crippen LogP) is 1.20. The number of hydrogen-bond donors (Lipinski definition) is 1. The quantitative estimate of drug-likeness (QED) is 0.790. The summed E-state index contributed by atoms with van der Waals surface area (Å²) in [6.07, 6.45) is 0. The third-order valence-electron chi connectivity index (χ3n) is 2.43. The van der Waals surface area contributed by atoms with Crippen molar-refractivity contribution in [1.82, 2.24) is 14.7 Å². The zero-order chi connectivity index (χ0) is 10.9. The maximum absolute atomic E-state index is 5.87. The van der Waals surface area contributed by atoms with Gasteiger partial charge in [-0.1, -0.05) is 0 Å². The fraction of sp³-hybridized carbons (Fsp3) is 0.700. The third-order valence-corrected chi connectivity index (χ3v) is 2.43. The lowest BCUT2D eigenvalue weighted by Gasteiger charge is -2.18. The van der Waals surface area contributed by atoms with Gasteiger partial charge in [0.1, 0.15) is 0 Å². The Balaban J connectivity index is 2.90. The van der Waals surface area contributed by atoms with Gasteiger partial charge in [-0.15, -0.1) is 0 Å². The van der Waals surface area contributed by atoms with E-state index in [2.05, 4.69) is 31.0 Å². The minimum atomic E-state index is 0.362. The summed E-state index contributed by atoms with van der Waals surface area (Å²) in [5, 5.41) is 4.43. The van der Waals surface area contributed by atoms with E-state index in [0.29, 0.717) is 6.04 Å². The van der Waals surface area contributed by atoms with Crippen molar-refractivity contribution in [3.8, 4) is 0 Å². The SMILES string of the molecule is Cc1nn(C(C)CN(C)C)c(C)c1N. The number of likely N-dealkylation sites (N-methyl/N-ethyl adjacent to an activating group) is 1. The first kappa shape index (κ1) is 11.0. The first-order valence-electron chi connectivity index (χ1n) is 4.89. The Morgan fingerprint density at radius 1 is 1.43 bits per heavy atom. The summed E-state index contributed by atoms with van der Waals surface area (Å²) in [5.41, 5.74) is 8.68. The van der Waals surface area contributed by atoms with E-state index in [4.69, 9.17) is 5.73 Å².